The Kier molecular flexibility index (Phi) is 4.18. The molecule has 1 heterocycles. The number of anilines is 1. The Morgan fingerprint density at radius 2 is 1.79 bits per heavy atom. The van der Waals surface area contributed by atoms with Crippen LogP contribution in [0.25, 0.3) is 16.8 Å². The monoisotopic (exact) mass is 375 g/mol. The fourth-order valence-electron chi connectivity index (χ4n) is 4.29. The topological polar surface area (TPSA) is 57.6 Å². The SMILES string of the molecule is CC(C)CCN1/C(=C\c2c(O)c(=O)c2=O)C(C)(C)c2c1ccc1ccccc21. The number of nitrogens with zero attached hydrogens (tertiary/aromatic N) is 1. The third-order valence-electron chi connectivity index (χ3n) is 5.89. The quantitative estimate of drug-likeness (QED) is 0.690. The maximum atomic E-state index is 12.0. The van der Waals surface area contributed by atoms with Crippen LogP contribution >= 0.6 is 0 Å². The first-order chi connectivity index (χ1) is 13.2. The number of hydrogen-bond donors (Lipinski definition) is 1. The first-order valence-corrected chi connectivity index (χ1v) is 9.77. The van der Waals surface area contributed by atoms with Crippen LogP contribution in [-0.2, 0) is 5.41 Å². The summed E-state index contributed by atoms with van der Waals surface area (Å²) in [5, 5.41) is 12.3. The summed E-state index contributed by atoms with van der Waals surface area (Å²) in [6, 6.07) is 12.6. The first-order valence-electron chi connectivity index (χ1n) is 9.77. The highest BCUT2D eigenvalue weighted by molar-refractivity contribution is 5.95. The van der Waals surface area contributed by atoms with Crippen molar-refractivity contribution in [2.24, 2.45) is 5.92 Å². The Morgan fingerprint density at radius 3 is 2.46 bits per heavy atom. The molecule has 0 aliphatic carbocycles. The molecule has 28 heavy (non-hydrogen) atoms. The molecule has 0 atom stereocenters. The van der Waals surface area contributed by atoms with E-state index in [4.69, 9.17) is 0 Å². The van der Waals surface area contributed by atoms with E-state index in [1.807, 2.05) is 12.1 Å². The molecule has 0 saturated heterocycles. The van der Waals surface area contributed by atoms with Gasteiger partial charge in [-0.25, -0.2) is 0 Å². The zero-order chi connectivity index (χ0) is 20.2. The van der Waals surface area contributed by atoms with E-state index in [1.54, 1.807) is 6.08 Å². The van der Waals surface area contributed by atoms with Gasteiger partial charge in [-0.05, 0) is 40.8 Å². The second-order valence-electron chi connectivity index (χ2n) is 8.59. The number of allylic oxidation sites excluding steroid dienone is 1. The summed E-state index contributed by atoms with van der Waals surface area (Å²) in [7, 11) is 0. The smallest absolute Gasteiger partial charge is 0.268 e. The van der Waals surface area contributed by atoms with Gasteiger partial charge in [0.1, 0.15) is 0 Å². The van der Waals surface area contributed by atoms with Gasteiger partial charge in [0.2, 0.25) is 5.43 Å². The van der Waals surface area contributed by atoms with Gasteiger partial charge in [0, 0.05) is 23.3 Å². The molecule has 3 aromatic carbocycles. The van der Waals surface area contributed by atoms with Crippen molar-refractivity contribution in [1.29, 1.82) is 0 Å². The van der Waals surface area contributed by atoms with Crippen LogP contribution in [0.1, 0.15) is 45.2 Å². The lowest BCUT2D eigenvalue weighted by atomic mass is 9.80. The van der Waals surface area contributed by atoms with Crippen molar-refractivity contribution in [2.45, 2.75) is 39.5 Å². The average molecular weight is 375 g/mol. The van der Waals surface area contributed by atoms with Crippen LogP contribution in [0.15, 0.2) is 51.7 Å². The zero-order valence-electron chi connectivity index (χ0n) is 16.7. The van der Waals surface area contributed by atoms with Crippen molar-refractivity contribution in [1.82, 2.24) is 0 Å². The number of fused-ring (bicyclic) bond motifs is 3. The minimum atomic E-state index is -0.792. The molecule has 1 aliphatic heterocycles. The van der Waals surface area contributed by atoms with Gasteiger partial charge in [0.15, 0.2) is 5.75 Å². The molecule has 0 bridgehead atoms. The predicted molar refractivity (Wildman–Crippen MR) is 115 cm³/mol. The molecule has 3 aromatic rings. The number of rotatable bonds is 4. The van der Waals surface area contributed by atoms with Gasteiger partial charge >= 0.3 is 0 Å². The van der Waals surface area contributed by atoms with Gasteiger partial charge in [-0.15, -0.1) is 0 Å². The van der Waals surface area contributed by atoms with Crippen LogP contribution in [0.3, 0.4) is 0 Å². The van der Waals surface area contributed by atoms with Crippen molar-refractivity contribution in [3.05, 3.63) is 73.7 Å². The summed E-state index contributed by atoms with van der Waals surface area (Å²) in [6.45, 7) is 9.47. The predicted octanol–water partition coefficient (Wildman–Crippen LogP) is 4.33. The van der Waals surface area contributed by atoms with E-state index in [9.17, 15) is 14.7 Å². The molecule has 0 saturated carbocycles. The van der Waals surface area contributed by atoms with Crippen LogP contribution in [0.4, 0.5) is 5.69 Å². The minimum absolute atomic E-state index is 0.125. The standard InChI is InChI=1S/C24H25NO3/c1-14(2)11-12-25-18-10-9-15-7-5-6-8-16(15)20(18)24(3,4)19(25)13-17-21(26)23(28)22(17)27/h5-10,13-14,26H,11-12H2,1-4H3/b19-13-. The Hall–Kier alpha value is -2.88. The molecule has 4 heteroatoms. The van der Waals surface area contributed by atoms with Crippen LogP contribution in [0.5, 0.6) is 5.75 Å². The largest absolute Gasteiger partial charge is 0.504 e. The van der Waals surface area contributed by atoms with E-state index < -0.39 is 16.6 Å². The third-order valence-corrected chi connectivity index (χ3v) is 5.89. The van der Waals surface area contributed by atoms with Crippen LogP contribution in [0.2, 0.25) is 0 Å². The summed E-state index contributed by atoms with van der Waals surface area (Å²) in [5.41, 5.74) is 1.67. The van der Waals surface area contributed by atoms with Gasteiger partial charge in [0.25, 0.3) is 5.43 Å². The van der Waals surface area contributed by atoms with E-state index >= 15 is 0 Å². The van der Waals surface area contributed by atoms with E-state index in [0.717, 1.165) is 24.4 Å². The zero-order valence-corrected chi connectivity index (χ0v) is 16.7. The average Bonchev–Trinajstić information content (AvgIpc) is 2.90. The maximum Gasteiger partial charge on any atom is 0.268 e. The highest BCUT2D eigenvalue weighted by Crippen LogP contribution is 2.51. The summed E-state index contributed by atoms with van der Waals surface area (Å²) in [4.78, 5) is 25.7. The lowest BCUT2D eigenvalue weighted by Crippen LogP contribution is -2.34. The molecule has 144 valence electrons. The Bertz CT molecular complexity index is 1180. The van der Waals surface area contributed by atoms with Gasteiger partial charge in [-0.3, -0.25) is 9.59 Å². The fraction of sp³-hybridized carbons (Fsp3) is 0.333. The molecule has 0 amide bonds. The van der Waals surface area contributed by atoms with Crippen molar-refractivity contribution < 1.29 is 5.11 Å². The van der Waals surface area contributed by atoms with Gasteiger partial charge in [-0.1, -0.05) is 58.0 Å². The molecule has 4 nitrogen and oxygen atoms in total. The van der Waals surface area contributed by atoms with Gasteiger partial charge in [0.05, 0.1) is 5.56 Å². The number of hydrogen-bond acceptors (Lipinski definition) is 4. The Labute approximate surface area is 164 Å². The molecular weight excluding hydrogens is 350 g/mol. The van der Waals surface area contributed by atoms with Crippen LogP contribution in [-0.4, -0.2) is 11.7 Å². The molecule has 4 rings (SSSR count). The molecule has 1 aliphatic rings. The van der Waals surface area contributed by atoms with E-state index in [0.29, 0.717) is 5.92 Å². The molecule has 0 aromatic heterocycles. The van der Waals surface area contributed by atoms with Crippen molar-refractivity contribution in [2.75, 3.05) is 11.4 Å². The lowest BCUT2D eigenvalue weighted by molar-refractivity contribution is 0.461. The molecular formula is C24H25NO3. The molecule has 1 N–H and O–H groups in total. The lowest BCUT2D eigenvalue weighted by Gasteiger charge is -2.28. The third kappa shape index (κ3) is 2.59. The minimum Gasteiger partial charge on any atom is -0.504 e. The highest BCUT2D eigenvalue weighted by atomic mass is 16.3. The maximum absolute atomic E-state index is 12.0. The first kappa shape index (κ1) is 18.5. The fourth-order valence-corrected chi connectivity index (χ4v) is 4.29. The van der Waals surface area contributed by atoms with Crippen LogP contribution < -0.4 is 15.8 Å². The van der Waals surface area contributed by atoms with Crippen molar-refractivity contribution in [3.63, 3.8) is 0 Å². The summed E-state index contributed by atoms with van der Waals surface area (Å²) in [6.07, 6.45) is 2.71. The van der Waals surface area contributed by atoms with Crippen molar-refractivity contribution >= 4 is 22.5 Å². The van der Waals surface area contributed by atoms with Gasteiger partial charge in [-0.2, -0.15) is 0 Å². The molecule has 0 radical (unpaired) electrons. The van der Waals surface area contributed by atoms with E-state index in [1.165, 1.54) is 16.3 Å². The van der Waals surface area contributed by atoms with Crippen molar-refractivity contribution in [3.8, 4) is 5.75 Å². The molecule has 0 unspecified atom stereocenters. The Morgan fingerprint density at radius 1 is 1.07 bits per heavy atom. The van der Waals surface area contributed by atoms with Crippen LogP contribution in [0, 0.1) is 5.92 Å². The normalized spacial score (nSPS) is 17.2. The number of benzene rings is 2. The number of aromatic hydroxyl groups is 1. The van der Waals surface area contributed by atoms with E-state index in [-0.39, 0.29) is 11.0 Å². The Balaban J connectivity index is 1.95. The van der Waals surface area contributed by atoms with Gasteiger partial charge < -0.3 is 10.0 Å². The second kappa shape index (κ2) is 6.33. The van der Waals surface area contributed by atoms with E-state index in [2.05, 4.69) is 56.9 Å². The summed E-state index contributed by atoms with van der Waals surface area (Å²) >= 11 is 0. The molecule has 0 spiro atoms. The second-order valence-corrected chi connectivity index (χ2v) is 8.59. The molecule has 0 fully saturated rings. The summed E-state index contributed by atoms with van der Waals surface area (Å²) < 4.78 is 0. The highest BCUT2D eigenvalue weighted by Gasteiger charge is 2.41. The summed E-state index contributed by atoms with van der Waals surface area (Å²) in [5.74, 6) is 0.117.